The maximum absolute atomic E-state index is 14.2. The van der Waals surface area contributed by atoms with Gasteiger partial charge in [0, 0.05) is 36.8 Å². The van der Waals surface area contributed by atoms with Crippen molar-refractivity contribution in [3.8, 4) is 11.7 Å². The summed E-state index contributed by atoms with van der Waals surface area (Å²) in [6.45, 7) is 11.8. The van der Waals surface area contributed by atoms with Crippen molar-refractivity contribution in [1.82, 2.24) is 29.3 Å². The monoisotopic (exact) mass is 553 g/mol. The third kappa shape index (κ3) is 4.29. The first kappa shape index (κ1) is 26.2. The summed E-state index contributed by atoms with van der Waals surface area (Å²) < 4.78 is 26.6. The minimum absolute atomic E-state index is 0.0430. The molecule has 2 atom stereocenters. The van der Waals surface area contributed by atoms with E-state index in [1.807, 2.05) is 33.2 Å². The van der Waals surface area contributed by atoms with Gasteiger partial charge in [-0.2, -0.15) is 5.10 Å². The number of carbonyl (C=O) groups excluding carboxylic acids is 1. The van der Waals surface area contributed by atoms with Gasteiger partial charge in [0.05, 0.1) is 29.0 Å². The van der Waals surface area contributed by atoms with E-state index in [9.17, 15) is 9.18 Å². The zero-order valence-corrected chi connectivity index (χ0v) is 24.2. The minimum Gasteiger partial charge on any atom is -0.476 e. The molecule has 1 aliphatic heterocycles. The summed E-state index contributed by atoms with van der Waals surface area (Å²) >= 11 is 1.26. The fourth-order valence-corrected chi connectivity index (χ4v) is 7.31. The molecule has 4 heterocycles. The summed E-state index contributed by atoms with van der Waals surface area (Å²) in [5.41, 5.74) is 0.305. The number of hydrogen-bond donors (Lipinski definition) is 1. The Labute approximate surface area is 232 Å². The van der Waals surface area contributed by atoms with Crippen LogP contribution in [0.5, 0.6) is 5.88 Å². The number of carbonyl (C=O) groups is 1. The van der Waals surface area contributed by atoms with Crippen molar-refractivity contribution in [3.63, 3.8) is 0 Å². The van der Waals surface area contributed by atoms with Crippen LogP contribution in [0.1, 0.15) is 63.0 Å². The van der Waals surface area contributed by atoms with Crippen LogP contribution in [0.2, 0.25) is 0 Å². The predicted molar refractivity (Wildman–Crippen MR) is 148 cm³/mol. The molecular weight excluding hydrogens is 517 g/mol. The second-order valence-electron chi connectivity index (χ2n) is 12.4. The van der Waals surface area contributed by atoms with Crippen molar-refractivity contribution in [2.24, 2.45) is 24.3 Å². The number of pyridine rings is 1. The second-order valence-corrected chi connectivity index (χ2v) is 13.2. The van der Waals surface area contributed by atoms with Crippen LogP contribution in [-0.4, -0.2) is 54.8 Å². The number of amides is 1. The molecule has 4 aliphatic rings. The molecule has 3 saturated carbocycles. The topological polar surface area (TPSA) is 90.1 Å². The van der Waals surface area contributed by atoms with Crippen molar-refractivity contribution in [2.75, 3.05) is 18.1 Å². The summed E-state index contributed by atoms with van der Waals surface area (Å²) in [5.74, 6) is 2.03. The van der Waals surface area contributed by atoms with E-state index in [0.717, 1.165) is 23.6 Å². The maximum Gasteiger partial charge on any atom is 0.265 e. The molecule has 39 heavy (non-hydrogen) atoms. The molecule has 9 nitrogen and oxygen atoms in total. The first-order chi connectivity index (χ1) is 18.4. The summed E-state index contributed by atoms with van der Waals surface area (Å²) in [6, 6.07) is 5.42. The lowest BCUT2D eigenvalue weighted by Gasteiger charge is -2.70. The molecule has 3 aliphatic carbocycles. The third-order valence-electron chi connectivity index (χ3n) is 9.17. The van der Waals surface area contributed by atoms with Crippen molar-refractivity contribution in [1.29, 1.82) is 0 Å². The quantitative estimate of drug-likeness (QED) is 0.397. The summed E-state index contributed by atoms with van der Waals surface area (Å²) in [5, 5.41) is 8.84. The van der Waals surface area contributed by atoms with Gasteiger partial charge in [-0.15, -0.1) is 5.10 Å². The number of aryl methyl sites for hydroxylation is 1. The second kappa shape index (κ2) is 8.97. The standard InChI is InChI=1S/C28H36FN7O2S/c1-17-11-26(4,5)35(13-17)24-20(25(37)33-39-21-12-30-34(6)18(21)2)7-8-22(31-24)36-10-9-23(32-36)38-16-27-14-28(29,15-27)19(27)3/h7-10,12,17,19H,11,13-16H2,1-6H3,(H,33,37)/t17-,19-,27?,28?/m0/s1. The van der Waals surface area contributed by atoms with Crippen LogP contribution in [0, 0.1) is 24.2 Å². The normalized spacial score (nSPS) is 28.6. The van der Waals surface area contributed by atoms with Gasteiger partial charge in [-0.3, -0.25) is 14.2 Å². The lowest BCUT2D eigenvalue weighted by atomic mass is 9.36. The van der Waals surface area contributed by atoms with Gasteiger partial charge in [0.2, 0.25) is 5.88 Å². The van der Waals surface area contributed by atoms with Crippen molar-refractivity contribution in [2.45, 2.75) is 70.0 Å². The van der Waals surface area contributed by atoms with Gasteiger partial charge in [0.1, 0.15) is 11.5 Å². The molecule has 7 rings (SSSR count). The fourth-order valence-electron chi connectivity index (χ4n) is 6.62. The SMILES string of the molecule is Cc1c(SNC(=O)c2ccc(-n3ccc(OCC45CC(F)(C4)[C@H]5C)n3)nc2N2C[C@@H](C)CC2(C)C)cnn1C. The van der Waals surface area contributed by atoms with Crippen LogP contribution in [0.25, 0.3) is 5.82 Å². The highest BCUT2D eigenvalue weighted by atomic mass is 32.2. The zero-order chi connectivity index (χ0) is 27.7. The van der Waals surface area contributed by atoms with Gasteiger partial charge < -0.3 is 9.64 Å². The lowest BCUT2D eigenvalue weighted by molar-refractivity contribution is -0.284. The Hall–Kier alpha value is -3.08. The molecule has 3 aromatic heterocycles. The third-order valence-corrected chi connectivity index (χ3v) is 10.1. The highest BCUT2D eigenvalue weighted by molar-refractivity contribution is 7.98. The van der Waals surface area contributed by atoms with Crippen LogP contribution in [-0.2, 0) is 7.05 Å². The minimum atomic E-state index is -0.979. The van der Waals surface area contributed by atoms with E-state index in [-0.39, 0.29) is 22.8 Å². The highest BCUT2D eigenvalue weighted by Gasteiger charge is 2.75. The first-order valence-electron chi connectivity index (χ1n) is 13.5. The lowest BCUT2D eigenvalue weighted by Crippen LogP contribution is -2.73. The molecule has 0 spiro atoms. The summed E-state index contributed by atoms with van der Waals surface area (Å²) in [6.07, 6.45) is 5.72. The molecule has 3 aromatic rings. The van der Waals surface area contributed by atoms with Gasteiger partial charge in [0.25, 0.3) is 5.91 Å². The molecule has 1 saturated heterocycles. The molecule has 0 radical (unpaired) electrons. The van der Waals surface area contributed by atoms with E-state index < -0.39 is 5.67 Å². The number of nitrogens with one attached hydrogen (secondary N) is 1. The van der Waals surface area contributed by atoms with Gasteiger partial charge >= 0.3 is 0 Å². The summed E-state index contributed by atoms with van der Waals surface area (Å²) in [4.78, 5) is 21.5. The number of hydrogen-bond acceptors (Lipinski definition) is 7. The molecule has 1 amide bonds. The van der Waals surface area contributed by atoms with Crippen molar-refractivity contribution < 1.29 is 13.9 Å². The van der Waals surface area contributed by atoms with E-state index in [1.54, 1.807) is 27.7 Å². The van der Waals surface area contributed by atoms with Crippen molar-refractivity contribution >= 4 is 23.7 Å². The molecular formula is C28H36FN7O2S. The number of aromatic nitrogens is 5. The van der Waals surface area contributed by atoms with Crippen LogP contribution in [0.3, 0.4) is 0 Å². The Morgan fingerprint density at radius 3 is 2.64 bits per heavy atom. The number of alkyl halides is 1. The van der Waals surface area contributed by atoms with E-state index in [0.29, 0.717) is 48.4 Å². The number of anilines is 1. The van der Waals surface area contributed by atoms with Crippen LogP contribution < -0.4 is 14.4 Å². The van der Waals surface area contributed by atoms with Gasteiger partial charge in [0.15, 0.2) is 5.82 Å². The van der Waals surface area contributed by atoms with Gasteiger partial charge in [-0.1, -0.05) is 13.8 Å². The molecule has 208 valence electrons. The Balaban J connectivity index is 1.24. The van der Waals surface area contributed by atoms with Crippen LogP contribution in [0.4, 0.5) is 10.2 Å². The molecule has 2 bridgehead atoms. The Morgan fingerprint density at radius 1 is 1.26 bits per heavy atom. The van der Waals surface area contributed by atoms with Gasteiger partial charge in [-0.25, -0.2) is 14.1 Å². The smallest absolute Gasteiger partial charge is 0.265 e. The Kier molecular flexibility index (Phi) is 6.02. The maximum atomic E-state index is 14.2. The molecule has 0 unspecified atom stereocenters. The number of nitrogens with zero attached hydrogens (tertiary/aromatic N) is 6. The number of ether oxygens (including phenoxy) is 1. The largest absolute Gasteiger partial charge is 0.476 e. The first-order valence-corrected chi connectivity index (χ1v) is 14.3. The zero-order valence-electron chi connectivity index (χ0n) is 23.4. The fraction of sp³-hybridized carbons (Fsp3) is 0.571. The molecule has 4 fully saturated rings. The molecule has 11 heteroatoms. The van der Waals surface area contributed by atoms with Crippen LogP contribution >= 0.6 is 11.9 Å². The van der Waals surface area contributed by atoms with Crippen molar-refractivity contribution in [3.05, 3.63) is 41.9 Å². The number of rotatable bonds is 8. The Bertz CT molecular complexity index is 1430. The van der Waals surface area contributed by atoms with Crippen LogP contribution in [0.15, 0.2) is 35.5 Å². The predicted octanol–water partition coefficient (Wildman–Crippen LogP) is 4.89. The van der Waals surface area contributed by atoms with E-state index in [1.165, 1.54) is 11.9 Å². The van der Waals surface area contributed by atoms with E-state index in [4.69, 9.17) is 9.72 Å². The van der Waals surface area contributed by atoms with Gasteiger partial charge in [-0.05, 0) is 76.0 Å². The molecule has 0 aromatic carbocycles. The Morgan fingerprint density at radius 2 is 2.03 bits per heavy atom. The van der Waals surface area contributed by atoms with E-state index in [2.05, 4.69) is 40.6 Å². The van der Waals surface area contributed by atoms with E-state index >= 15 is 0 Å². The average molecular weight is 554 g/mol. The summed E-state index contributed by atoms with van der Waals surface area (Å²) in [7, 11) is 1.87. The average Bonchev–Trinajstić information content (AvgIpc) is 3.56. The molecule has 1 N–H and O–H groups in total. The highest BCUT2D eigenvalue weighted by Crippen LogP contribution is 2.73. The number of halogens is 1.